The highest BCUT2D eigenvalue weighted by Gasteiger charge is 2.18. The number of amides is 1. The van der Waals surface area contributed by atoms with Crippen molar-refractivity contribution in [3.05, 3.63) is 59.4 Å². The largest absolute Gasteiger partial charge is 0.618 e. The van der Waals surface area contributed by atoms with E-state index in [1.165, 1.54) is 23.5 Å². The van der Waals surface area contributed by atoms with Gasteiger partial charge in [-0.25, -0.2) is 0 Å². The molecule has 1 aromatic heterocycles. The van der Waals surface area contributed by atoms with Gasteiger partial charge in [-0.1, -0.05) is 19.1 Å². The minimum atomic E-state index is -0.349. The fourth-order valence-electron chi connectivity index (χ4n) is 1.81. The Hall–Kier alpha value is -2.01. The summed E-state index contributed by atoms with van der Waals surface area (Å²) in [4.78, 5) is 12.1. The molecule has 0 bridgehead atoms. The van der Waals surface area contributed by atoms with Crippen LogP contribution in [-0.2, 0) is 11.2 Å². The number of nitrogens with one attached hydrogen (secondary N) is 1. The molecule has 2 aromatic rings. The van der Waals surface area contributed by atoms with Gasteiger partial charge >= 0.3 is 0 Å². The number of rotatable bonds is 5. The molecule has 1 atom stereocenters. The van der Waals surface area contributed by atoms with E-state index in [4.69, 9.17) is 0 Å². The summed E-state index contributed by atoms with van der Waals surface area (Å²) in [6, 6.07) is 12.9. The van der Waals surface area contributed by atoms with Gasteiger partial charge in [0, 0.05) is 17.8 Å². The SMILES string of the molecule is CCc1ccc(NC(=O)C(C)Sc2cccc[n+]2[O-])cc1. The van der Waals surface area contributed by atoms with Crippen molar-refractivity contribution in [2.45, 2.75) is 30.5 Å². The molecule has 1 N–H and O–H groups in total. The van der Waals surface area contributed by atoms with Gasteiger partial charge in [0.05, 0.1) is 5.25 Å². The molecule has 2 rings (SSSR count). The summed E-state index contributed by atoms with van der Waals surface area (Å²) < 4.78 is 0.768. The van der Waals surface area contributed by atoms with Crippen LogP contribution in [0.2, 0.25) is 0 Å². The van der Waals surface area contributed by atoms with Gasteiger partial charge in [-0.15, -0.1) is 0 Å². The molecule has 0 fully saturated rings. The van der Waals surface area contributed by atoms with Gasteiger partial charge in [0.2, 0.25) is 5.91 Å². The molecule has 0 saturated heterocycles. The van der Waals surface area contributed by atoms with Crippen LogP contribution in [0.4, 0.5) is 5.69 Å². The van der Waals surface area contributed by atoms with E-state index in [9.17, 15) is 10.0 Å². The Kier molecular flexibility index (Phi) is 5.22. The Balaban J connectivity index is 1.97. The van der Waals surface area contributed by atoms with Crippen LogP contribution in [0.25, 0.3) is 0 Å². The van der Waals surface area contributed by atoms with Crippen LogP contribution < -0.4 is 10.0 Å². The monoisotopic (exact) mass is 302 g/mol. The van der Waals surface area contributed by atoms with E-state index in [1.807, 2.05) is 24.3 Å². The fraction of sp³-hybridized carbons (Fsp3) is 0.250. The Bertz CT molecular complexity index is 614. The lowest BCUT2D eigenvalue weighted by molar-refractivity contribution is -0.645. The maximum absolute atomic E-state index is 12.1. The molecule has 4 nitrogen and oxygen atoms in total. The quantitative estimate of drug-likeness (QED) is 0.525. The number of nitrogens with zero attached hydrogens (tertiary/aromatic N) is 1. The third-order valence-electron chi connectivity index (χ3n) is 3.09. The molecule has 0 spiro atoms. The number of hydrogen-bond donors (Lipinski definition) is 1. The van der Waals surface area contributed by atoms with Gasteiger partial charge in [-0.05, 0) is 48.9 Å². The van der Waals surface area contributed by atoms with Crippen molar-refractivity contribution in [3.63, 3.8) is 0 Å². The van der Waals surface area contributed by atoms with Crippen LogP contribution in [0.1, 0.15) is 19.4 Å². The fourth-order valence-corrected chi connectivity index (χ4v) is 2.66. The lowest BCUT2D eigenvalue weighted by atomic mass is 10.1. The summed E-state index contributed by atoms with van der Waals surface area (Å²) in [5.41, 5.74) is 2.00. The first-order valence-corrected chi connectivity index (χ1v) is 7.72. The maximum Gasteiger partial charge on any atom is 0.252 e. The number of aromatic nitrogens is 1. The van der Waals surface area contributed by atoms with Crippen LogP contribution in [0.5, 0.6) is 0 Å². The van der Waals surface area contributed by atoms with Gasteiger partial charge in [-0.3, -0.25) is 4.79 Å². The van der Waals surface area contributed by atoms with Crippen molar-refractivity contribution in [2.24, 2.45) is 0 Å². The van der Waals surface area contributed by atoms with Crippen LogP contribution in [0.15, 0.2) is 53.7 Å². The Morgan fingerprint density at radius 3 is 2.62 bits per heavy atom. The molecule has 1 aromatic carbocycles. The molecule has 1 heterocycles. The summed E-state index contributed by atoms with van der Waals surface area (Å²) >= 11 is 1.24. The average Bonchev–Trinajstić information content (AvgIpc) is 2.50. The summed E-state index contributed by atoms with van der Waals surface area (Å²) in [6.45, 7) is 3.87. The Morgan fingerprint density at radius 1 is 1.29 bits per heavy atom. The van der Waals surface area contributed by atoms with E-state index in [0.29, 0.717) is 5.03 Å². The minimum absolute atomic E-state index is 0.117. The molecular weight excluding hydrogens is 284 g/mol. The highest BCUT2D eigenvalue weighted by molar-refractivity contribution is 8.00. The molecule has 0 aliphatic rings. The summed E-state index contributed by atoms with van der Waals surface area (Å²) in [5.74, 6) is -0.117. The number of carbonyl (C=O) groups is 1. The zero-order valence-corrected chi connectivity index (χ0v) is 12.9. The van der Waals surface area contributed by atoms with Crippen molar-refractivity contribution in [3.8, 4) is 0 Å². The van der Waals surface area contributed by atoms with E-state index >= 15 is 0 Å². The topological polar surface area (TPSA) is 56.0 Å². The normalized spacial score (nSPS) is 11.9. The maximum atomic E-state index is 12.1. The second-order valence-electron chi connectivity index (χ2n) is 4.66. The van der Waals surface area contributed by atoms with Crippen LogP contribution in [0, 0.1) is 5.21 Å². The molecule has 0 radical (unpaired) electrons. The summed E-state index contributed by atoms with van der Waals surface area (Å²) in [7, 11) is 0. The number of pyridine rings is 1. The number of anilines is 1. The molecule has 110 valence electrons. The summed E-state index contributed by atoms with van der Waals surface area (Å²) in [6.07, 6.45) is 2.40. The molecule has 1 amide bonds. The first-order chi connectivity index (χ1) is 10.1. The average molecular weight is 302 g/mol. The predicted octanol–water partition coefficient (Wildman–Crippen LogP) is 3.00. The number of carbonyl (C=O) groups excluding carboxylic acids is 1. The smallest absolute Gasteiger partial charge is 0.252 e. The molecular formula is C16H18N2O2S. The van der Waals surface area contributed by atoms with Crippen molar-refractivity contribution in [1.29, 1.82) is 0 Å². The molecule has 0 saturated carbocycles. The Labute approximate surface area is 128 Å². The van der Waals surface area contributed by atoms with Gasteiger partial charge in [0.25, 0.3) is 5.03 Å². The molecule has 1 unspecified atom stereocenters. The minimum Gasteiger partial charge on any atom is -0.618 e. The predicted molar refractivity (Wildman–Crippen MR) is 85.2 cm³/mol. The molecule has 0 aliphatic heterocycles. The Morgan fingerprint density at radius 2 is 2.00 bits per heavy atom. The number of thioether (sulfide) groups is 1. The van der Waals surface area contributed by atoms with Crippen molar-refractivity contribution in [2.75, 3.05) is 5.32 Å². The third-order valence-corrected chi connectivity index (χ3v) is 4.21. The van der Waals surface area contributed by atoms with Gasteiger partial charge in [-0.2, -0.15) is 4.73 Å². The second-order valence-corrected chi connectivity index (χ2v) is 6.03. The zero-order valence-electron chi connectivity index (χ0n) is 12.1. The molecule has 21 heavy (non-hydrogen) atoms. The van der Waals surface area contributed by atoms with E-state index in [-0.39, 0.29) is 11.2 Å². The summed E-state index contributed by atoms with van der Waals surface area (Å²) in [5, 5.41) is 14.6. The first kappa shape index (κ1) is 15.4. The second kappa shape index (κ2) is 7.13. The molecule has 5 heteroatoms. The van der Waals surface area contributed by atoms with Crippen molar-refractivity contribution in [1.82, 2.24) is 0 Å². The highest BCUT2D eigenvalue weighted by atomic mass is 32.2. The zero-order chi connectivity index (χ0) is 15.2. The first-order valence-electron chi connectivity index (χ1n) is 6.85. The number of benzene rings is 1. The van der Waals surface area contributed by atoms with E-state index < -0.39 is 0 Å². The standard InChI is InChI=1S/C16H18N2O2S/c1-3-13-7-9-14(10-8-13)17-16(19)12(2)21-15-6-4-5-11-18(15)20/h4-12H,3H2,1-2H3,(H,17,19). The van der Waals surface area contributed by atoms with E-state index in [1.54, 1.807) is 25.1 Å². The van der Waals surface area contributed by atoms with E-state index in [2.05, 4.69) is 12.2 Å². The van der Waals surface area contributed by atoms with Crippen LogP contribution >= 0.6 is 11.8 Å². The lowest BCUT2D eigenvalue weighted by Gasteiger charge is -2.11. The van der Waals surface area contributed by atoms with Gasteiger partial charge < -0.3 is 10.5 Å². The lowest BCUT2D eigenvalue weighted by Crippen LogP contribution is -2.30. The van der Waals surface area contributed by atoms with Crippen LogP contribution in [0.3, 0.4) is 0 Å². The number of hydrogen-bond acceptors (Lipinski definition) is 3. The van der Waals surface area contributed by atoms with Crippen molar-refractivity contribution >= 4 is 23.4 Å². The van der Waals surface area contributed by atoms with Gasteiger partial charge in [0.15, 0.2) is 6.20 Å². The van der Waals surface area contributed by atoms with Crippen LogP contribution in [-0.4, -0.2) is 11.2 Å². The highest BCUT2D eigenvalue weighted by Crippen LogP contribution is 2.21. The van der Waals surface area contributed by atoms with Gasteiger partial charge in [0.1, 0.15) is 0 Å². The third kappa shape index (κ3) is 4.23. The molecule has 0 aliphatic carbocycles. The number of aryl methyl sites for hydroxylation is 1. The van der Waals surface area contributed by atoms with E-state index in [0.717, 1.165) is 16.8 Å². The van der Waals surface area contributed by atoms with Crippen molar-refractivity contribution < 1.29 is 9.52 Å².